The Morgan fingerprint density at radius 1 is 1.42 bits per heavy atom. The van der Waals surface area contributed by atoms with Gasteiger partial charge < -0.3 is 14.2 Å². The van der Waals surface area contributed by atoms with Crippen molar-refractivity contribution in [1.29, 1.82) is 0 Å². The van der Waals surface area contributed by atoms with Crippen LogP contribution in [-0.4, -0.2) is 35.5 Å². The second kappa shape index (κ2) is 6.41. The summed E-state index contributed by atoms with van der Waals surface area (Å²) >= 11 is 0. The number of carbonyl (C=O) groups is 3. The molecule has 0 N–H and O–H groups in total. The molecule has 5 atom stereocenters. The van der Waals surface area contributed by atoms with Crippen molar-refractivity contribution in [2.75, 3.05) is 0 Å². The minimum Gasteiger partial charge on any atom is -0.483 e. The molecule has 0 unspecified atom stereocenters. The summed E-state index contributed by atoms with van der Waals surface area (Å²) in [6, 6.07) is 0. The van der Waals surface area contributed by atoms with E-state index in [1.807, 2.05) is 6.92 Å². The predicted octanol–water partition coefficient (Wildman–Crippen LogP) is 2.63. The van der Waals surface area contributed by atoms with Crippen LogP contribution < -0.4 is 0 Å². The van der Waals surface area contributed by atoms with Gasteiger partial charge in [-0.2, -0.15) is 0 Å². The molecule has 140 valence electrons. The SMILES string of the molecule is C=C1C(=O)O[C@@H]2C[C@@H](C)C3=CC(=O)[C@@](C)(C[C@H](OC(=O)/C(C)=C\C)[C@@H]12)O3. The van der Waals surface area contributed by atoms with E-state index in [-0.39, 0.29) is 23.7 Å². The van der Waals surface area contributed by atoms with Gasteiger partial charge in [0, 0.05) is 29.6 Å². The van der Waals surface area contributed by atoms with E-state index in [0.29, 0.717) is 17.8 Å². The van der Waals surface area contributed by atoms with Crippen LogP contribution in [0.25, 0.3) is 0 Å². The highest BCUT2D eigenvalue weighted by Crippen LogP contribution is 2.44. The molecule has 3 aliphatic rings. The highest BCUT2D eigenvalue weighted by atomic mass is 16.6. The molecule has 6 nitrogen and oxygen atoms in total. The Kier molecular flexibility index (Phi) is 4.54. The topological polar surface area (TPSA) is 78.9 Å². The summed E-state index contributed by atoms with van der Waals surface area (Å²) in [5, 5.41) is 0. The van der Waals surface area contributed by atoms with Gasteiger partial charge in [0.15, 0.2) is 5.60 Å². The third kappa shape index (κ3) is 2.97. The summed E-state index contributed by atoms with van der Waals surface area (Å²) in [6.45, 7) is 10.9. The molecule has 0 aliphatic carbocycles. The molecule has 3 heterocycles. The molecule has 2 fully saturated rings. The normalized spacial score (nSPS) is 37.0. The van der Waals surface area contributed by atoms with E-state index in [2.05, 4.69) is 6.58 Å². The van der Waals surface area contributed by atoms with Crippen LogP contribution in [0.2, 0.25) is 0 Å². The molecule has 2 bridgehead atoms. The average Bonchev–Trinajstić information content (AvgIpc) is 3.03. The summed E-state index contributed by atoms with van der Waals surface area (Å²) in [5.74, 6) is -1.13. The fourth-order valence-electron chi connectivity index (χ4n) is 3.75. The summed E-state index contributed by atoms with van der Waals surface area (Å²) in [5.41, 5.74) is -0.395. The third-order valence-electron chi connectivity index (χ3n) is 5.54. The Hall–Kier alpha value is -2.37. The Morgan fingerprint density at radius 3 is 2.77 bits per heavy atom. The molecule has 0 aromatic carbocycles. The third-order valence-corrected chi connectivity index (χ3v) is 5.54. The van der Waals surface area contributed by atoms with Crippen LogP contribution in [0.3, 0.4) is 0 Å². The molecule has 0 saturated carbocycles. The largest absolute Gasteiger partial charge is 0.483 e. The Balaban J connectivity index is 2.00. The molecule has 26 heavy (non-hydrogen) atoms. The highest BCUT2D eigenvalue weighted by molar-refractivity contribution is 5.99. The molecule has 0 radical (unpaired) electrons. The lowest BCUT2D eigenvalue weighted by molar-refractivity contribution is -0.153. The zero-order valence-electron chi connectivity index (χ0n) is 15.5. The summed E-state index contributed by atoms with van der Waals surface area (Å²) < 4.78 is 17.2. The minimum atomic E-state index is -1.13. The van der Waals surface area contributed by atoms with Crippen LogP contribution in [-0.2, 0) is 28.6 Å². The molecule has 2 saturated heterocycles. The number of fused-ring (bicyclic) bond motifs is 3. The van der Waals surface area contributed by atoms with Gasteiger partial charge in [-0.25, -0.2) is 9.59 Å². The van der Waals surface area contributed by atoms with Crippen molar-refractivity contribution in [3.05, 3.63) is 35.6 Å². The maximum Gasteiger partial charge on any atom is 0.334 e. The number of esters is 2. The number of carbonyl (C=O) groups excluding carboxylic acids is 3. The van der Waals surface area contributed by atoms with E-state index in [1.165, 1.54) is 6.08 Å². The van der Waals surface area contributed by atoms with E-state index in [1.54, 1.807) is 26.8 Å². The minimum absolute atomic E-state index is 0.0984. The summed E-state index contributed by atoms with van der Waals surface area (Å²) in [4.78, 5) is 37.0. The van der Waals surface area contributed by atoms with Crippen LogP contribution in [0.4, 0.5) is 0 Å². The first-order chi connectivity index (χ1) is 12.2. The van der Waals surface area contributed by atoms with E-state index in [0.717, 1.165) is 0 Å². The standard InChI is InChI=1S/C20H24O6/c1-6-10(2)18(22)25-15-9-20(5)16(21)8-13(26-20)11(3)7-14-17(15)12(4)19(23)24-14/h6,8,11,14-15,17H,4,7,9H2,1-3,5H3/b10-6-/t11-,14-,15+,17+,20-/m1/s1. The zero-order chi connectivity index (χ0) is 19.2. The number of hydrogen-bond acceptors (Lipinski definition) is 6. The molecule has 6 heteroatoms. The first-order valence-electron chi connectivity index (χ1n) is 8.85. The van der Waals surface area contributed by atoms with Crippen molar-refractivity contribution in [2.24, 2.45) is 11.8 Å². The van der Waals surface area contributed by atoms with Gasteiger partial charge in [-0.15, -0.1) is 0 Å². The molecule has 0 aromatic rings. The fraction of sp³-hybridized carbons (Fsp3) is 0.550. The Morgan fingerprint density at radius 2 is 2.12 bits per heavy atom. The van der Waals surface area contributed by atoms with Crippen LogP contribution >= 0.6 is 0 Å². The molecular formula is C20H24O6. The molecule has 0 amide bonds. The first-order valence-corrected chi connectivity index (χ1v) is 8.85. The van der Waals surface area contributed by atoms with Crippen molar-refractivity contribution >= 4 is 17.7 Å². The smallest absolute Gasteiger partial charge is 0.334 e. The van der Waals surface area contributed by atoms with Crippen molar-refractivity contribution in [3.8, 4) is 0 Å². The van der Waals surface area contributed by atoms with Crippen LogP contribution in [0.15, 0.2) is 35.6 Å². The molecule has 3 rings (SSSR count). The van der Waals surface area contributed by atoms with Gasteiger partial charge in [0.2, 0.25) is 5.78 Å². The summed E-state index contributed by atoms with van der Waals surface area (Å²) in [7, 11) is 0. The lowest BCUT2D eigenvalue weighted by Gasteiger charge is -2.31. The summed E-state index contributed by atoms with van der Waals surface area (Å²) in [6.07, 6.45) is 2.57. The van der Waals surface area contributed by atoms with Crippen molar-refractivity contribution < 1.29 is 28.6 Å². The zero-order valence-corrected chi connectivity index (χ0v) is 15.5. The number of ether oxygens (including phenoxy) is 3. The van der Waals surface area contributed by atoms with Gasteiger partial charge in [0.25, 0.3) is 0 Å². The maximum atomic E-state index is 12.5. The highest BCUT2D eigenvalue weighted by Gasteiger charge is 2.53. The van der Waals surface area contributed by atoms with Gasteiger partial charge in [0.1, 0.15) is 18.0 Å². The van der Waals surface area contributed by atoms with Crippen molar-refractivity contribution in [2.45, 2.75) is 58.3 Å². The lowest BCUT2D eigenvalue weighted by Crippen LogP contribution is -2.43. The molecule has 3 aliphatic heterocycles. The second-order valence-corrected chi connectivity index (χ2v) is 7.49. The predicted molar refractivity (Wildman–Crippen MR) is 92.8 cm³/mol. The van der Waals surface area contributed by atoms with Gasteiger partial charge in [-0.3, -0.25) is 4.79 Å². The van der Waals surface area contributed by atoms with Gasteiger partial charge >= 0.3 is 11.9 Å². The molecule has 0 spiro atoms. The van der Waals surface area contributed by atoms with Crippen LogP contribution in [0, 0.1) is 11.8 Å². The van der Waals surface area contributed by atoms with Crippen molar-refractivity contribution in [1.82, 2.24) is 0 Å². The molecule has 0 aromatic heterocycles. The monoisotopic (exact) mass is 360 g/mol. The van der Waals surface area contributed by atoms with Gasteiger partial charge in [-0.05, 0) is 27.2 Å². The van der Waals surface area contributed by atoms with E-state index < -0.39 is 35.7 Å². The average molecular weight is 360 g/mol. The van der Waals surface area contributed by atoms with Gasteiger partial charge in [-0.1, -0.05) is 19.6 Å². The van der Waals surface area contributed by atoms with Crippen LogP contribution in [0.1, 0.15) is 40.5 Å². The first kappa shape index (κ1) is 18.4. The number of ketones is 1. The maximum absolute atomic E-state index is 12.5. The van der Waals surface area contributed by atoms with E-state index in [4.69, 9.17) is 14.2 Å². The Labute approximate surface area is 152 Å². The fourth-order valence-corrected chi connectivity index (χ4v) is 3.75. The van der Waals surface area contributed by atoms with Crippen LogP contribution in [0.5, 0.6) is 0 Å². The van der Waals surface area contributed by atoms with Gasteiger partial charge in [0.05, 0.1) is 5.92 Å². The second-order valence-electron chi connectivity index (χ2n) is 7.49. The number of hydrogen-bond donors (Lipinski definition) is 0. The Bertz CT molecular complexity index is 745. The molecular weight excluding hydrogens is 336 g/mol. The number of allylic oxidation sites excluding steroid dienone is 2. The van der Waals surface area contributed by atoms with Crippen molar-refractivity contribution in [3.63, 3.8) is 0 Å². The van der Waals surface area contributed by atoms with E-state index in [9.17, 15) is 14.4 Å². The quantitative estimate of drug-likeness (QED) is 0.556. The number of rotatable bonds is 2. The lowest BCUT2D eigenvalue weighted by atomic mass is 9.80. The van der Waals surface area contributed by atoms with E-state index >= 15 is 0 Å².